The number of carbonyl (C=O) groups excluding carboxylic acids is 3. The molecule has 0 aliphatic carbocycles. The normalized spacial score (nSPS) is 11.9. The zero-order valence-electron chi connectivity index (χ0n) is 40.1. The van der Waals surface area contributed by atoms with Gasteiger partial charge in [0.25, 0.3) is 0 Å². The van der Waals surface area contributed by atoms with Crippen LogP contribution in [0.4, 0.5) is 0 Å². The Kier molecular flexibility index (Phi) is 46.6. The fraction of sp³-hybridized carbons (Fsp3) is 0.632. The van der Waals surface area contributed by atoms with E-state index in [2.05, 4.69) is 111 Å². The first-order valence-corrected chi connectivity index (χ1v) is 24.9. The average Bonchev–Trinajstić information content (AvgIpc) is 3.28. The number of hydrogen-bond donors (Lipinski definition) is 0. The van der Waals surface area contributed by atoms with E-state index in [-0.39, 0.29) is 37.5 Å². The molecule has 0 saturated carbocycles. The molecule has 6 nitrogen and oxygen atoms in total. The fourth-order valence-electron chi connectivity index (χ4n) is 6.12. The number of rotatable bonds is 38. The minimum atomic E-state index is -0.817. The molecule has 0 aromatic carbocycles. The van der Waals surface area contributed by atoms with Crippen LogP contribution in [0.25, 0.3) is 0 Å². The molecule has 0 radical (unpaired) electrons. The van der Waals surface area contributed by atoms with Crippen LogP contribution in [-0.4, -0.2) is 37.2 Å². The van der Waals surface area contributed by atoms with E-state index in [9.17, 15) is 14.4 Å². The first kappa shape index (κ1) is 58.5. The van der Waals surface area contributed by atoms with E-state index >= 15 is 0 Å². The molecule has 0 heterocycles. The molecular formula is C57H86O6. The lowest BCUT2D eigenvalue weighted by atomic mass is 10.1. The molecule has 0 N–H and O–H groups in total. The summed E-state index contributed by atoms with van der Waals surface area (Å²) < 4.78 is 16.7. The lowest BCUT2D eigenvalue weighted by molar-refractivity contribution is -0.167. The Labute approximate surface area is 386 Å². The summed E-state index contributed by atoms with van der Waals surface area (Å²) in [4.78, 5) is 37.9. The van der Waals surface area contributed by atoms with Gasteiger partial charge in [-0.15, -0.1) is 0 Å². The van der Waals surface area contributed by atoms with Gasteiger partial charge in [-0.3, -0.25) is 14.4 Å². The Morgan fingerprint density at radius 2 is 0.698 bits per heavy atom. The van der Waals surface area contributed by atoms with Crippen LogP contribution in [0.3, 0.4) is 0 Å². The summed E-state index contributed by atoms with van der Waals surface area (Å²) >= 11 is 0. The van der Waals surface area contributed by atoms with Crippen molar-refractivity contribution in [3.8, 4) is 35.5 Å². The molecule has 0 amide bonds. The molecule has 63 heavy (non-hydrogen) atoms. The van der Waals surface area contributed by atoms with Gasteiger partial charge in [0.1, 0.15) is 13.2 Å². The summed E-state index contributed by atoms with van der Waals surface area (Å²) in [5.74, 6) is 17.6. The van der Waals surface area contributed by atoms with Gasteiger partial charge in [0.15, 0.2) is 6.10 Å². The number of esters is 3. The number of allylic oxidation sites excluding steroid dienone is 12. The number of unbranched alkanes of at least 4 members (excludes halogenated alkanes) is 18. The summed E-state index contributed by atoms with van der Waals surface area (Å²) in [5.41, 5.74) is 0. The zero-order valence-corrected chi connectivity index (χ0v) is 40.1. The van der Waals surface area contributed by atoms with Crippen LogP contribution < -0.4 is 0 Å². The molecule has 0 aromatic rings. The first-order valence-electron chi connectivity index (χ1n) is 24.9. The summed E-state index contributed by atoms with van der Waals surface area (Å²) in [5, 5.41) is 0. The largest absolute Gasteiger partial charge is 0.462 e. The summed E-state index contributed by atoms with van der Waals surface area (Å²) in [6.45, 7) is 6.24. The standard InChI is InChI=1S/C57H86O6/c1-4-7-10-13-16-19-22-25-28-31-34-37-40-43-46-49-55(58)61-52-54(63-57(60)51-48-45-42-39-36-33-30-27-24-21-18-15-12-9-6-3)53-62-56(59)50-47-44-41-38-35-32-29-26-23-20-17-14-11-8-5-2/h10-15,25-30,54H,4-9,22-24,31-53H2,1-3H3. The number of carbonyl (C=O) groups is 3. The maximum Gasteiger partial charge on any atom is 0.306 e. The van der Waals surface area contributed by atoms with Crippen LogP contribution in [-0.2, 0) is 28.6 Å². The minimum absolute atomic E-state index is 0.116. The molecule has 6 heteroatoms. The van der Waals surface area contributed by atoms with Crippen molar-refractivity contribution >= 4 is 17.9 Å². The van der Waals surface area contributed by atoms with Crippen LogP contribution in [0, 0.1) is 35.5 Å². The van der Waals surface area contributed by atoms with Crippen molar-refractivity contribution in [1.82, 2.24) is 0 Å². The molecule has 0 bridgehead atoms. The van der Waals surface area contributed by atoms with E-state index in [0.717, 1.165) is 173 Å². The van der Waals surface area contributed by atoms with Crippen LogP contribution in [0.1, 0.15) is 213 Å². The highest BCUT2D eigenvalue weighted by Gasteiger charge is 2.19. The maximum absolute atomic E-state index is 12.8. The van der Waals surface area contributed by atoms with E-state index in [1.807, 2.05) is 18.2 Å². The Balaban J connectivity index is 4.53. The Bertz CT molecular complexity index is 1420. The van der Waals surface area contributed by atoms with Crippen molar-refractivity contribution in [3.63, 3.8) is 0 Å². The molecule has 0 aliphatic heterocycles. The van der Waals surface area contributed by atoms with Gasteiger partial charge in [0.2, 0.25) is 0 Å². The van der Waals surface area contributed by atoms with Crippen molar-refractivity contribution in [2.24, 2.45) is 0 Å². The Hall–Kier alpha value is -4.47. The monoisotopic (exact) mass is 867 g/mol. The number of ether oxygens (including phenoxy) is 3. The number of hydrogen-bond acceptors (Lipinski definition) is 6. The second-order valence-corrected chi connectivity index (χ2v) is 16.0. The third-order valence-corrected chi connectivity index (χ3v) is 9.85. The van der Waals surface area contributed by atoms with Crippen LogP contribution >= 0.6 is 0 Å². The molecule has 0 aliphatic rings. The summed E-state index contributed by atoms with van der Waals surface area (Å²) in [6.07, 6.45) is 52.3. The zero-order chi connectivity index (χ0) is 45.8. The molecule has 0 rings (SSSR count). The first-order chi connectivity index (χ1) is 31.0. The predicted molar refractivity (Wildman–Crippen MR) is 265 cm³/mol. The minimum Gasteiger partial charge on any atom is -0.462 e. The second kappa shape index (κ2) is 50.2. The quantitative estimate of drug-likeness (QED) is 0.0202. The highest BCUT2D eigenvalue weighted by molar-refractivity contribution is 5.71. The molecule has 350 valence electrons. The van der Waals surface area contributed by atoms with Crippen molar-refractivity contribution in [2.75, 3.05) is 13.2 Å². The van der Waals surface area contributed by atoms with E-state index in [4.69, 9.17) is 14.2 Å². The SMILES string of the molecule is CCCC=CC#CCC=CCCCCCCCC(=O)OCC(COC(=O)CCCCCCCC=CCC#CC=CCCC)OC(=O)CCCCCCCC=CCC#CC=CCCC. The van der Waals surface area contributed by atoms with Crippen molar-refractivity contribution in [2.45, 2.75) is 219 Å². The van der Waals surface area contributed by atoms with Crippen molar-refractivity contribution in [3.05, 3.63) is 72.9 Å². The van der Waals surface area contributed by atoms with Crippen LogP contribution in [0.2, 0.25) is 0 Å². The van der Waals surface area contributed by atoms with E-state index in [0.29, 0.717) is 12.8 Å². The van der Waals surface area contributed by atoms with Crippen molar-refractivity contribution < 1.29 is 28.6 Å². The van der Waals surface area contributed by atoms with E-state index in [1.54, 1.807) is 0 Å². The van der Waals surface area contributed by atoms with Gasteiger partial charge in [-0.2, -0.15) is 0 Å². The lowest BCUT2D eigenvalue weighted by Crippen LogP contribution is -2.30. The molecule has 0 unspecified atom stereocenters. The highest BCUT2D eigenvalue weighted by Crippen LogP contribution is 2.13. The van der Waals surface area contributed by atoms with E-state index in [1.165, 1.54) is 0 Å². The molecule has 0 aromatic heterocycles. The Morgan fingerprint density at radius 1 is 0.381 bits per heavy atom. The molecule has 0 fully saturated rings. The van der Waals surface area contributed by atoms with Gasteiger partial charge >= 0.3 is 17.9 Å². The average molecular weight is 867 g/mol. The van der Waals surface area contributed by atoms with Gasteiger partial charge in [0.05, 0.1) is 0 Å². The van der Waals surface area contributed by atoms with Gasteiger partial charge in [-0.1, -0.05) is 188 Å². The second-order valence-electron chi connectivity index (χ2n) is 16.0. The highest BCUT2D eigenvalue weighted by atomic mass is 16.6. The predicted octanol–water partition coefficient (Wildman–Crippen LogP) is 15.1. The summed E-state index contributed by atoms with van der Waals surface area (Å²) in [6, 6.07) is 0. The van der Waals surface area contributed by atoms with Crippen molar-refractivity contribution in [1.29, 1.82) is 0 Å². The van der Waals surface area contributed by atoms with Gasteiger partial charge in [0, 0.05) is 38.5 Å². The third-order valence-electron chi connectivity index (χ3n) is 9.85. The van der Waals surface area contributed by atoms with E-state index < -0.39 is 6.10 Å². The topological polar surface area (TPSA) is 78.9 Å². The molecule has 0 spiro atoms. The lowest BCUT2D eigenvalue weighted by Gasteiger charge is -2.18. The Morgan fingerprint density at radius 3 is 1.05 bits per heavy atom. The molecule has 0 atom stereocenters. The van der Waals surface area contributed by atoms with Crippen LogP contribution in [0.15, 0.2) is 72.9 Å². The fourth-order valence-corrected chi connectivity index (χ4v) is 6.12. The molecular weight excluding hydrogens is 781 g/mol. The maximum atomic E-state index is 12.8. The summed E-state index contributed by atoms with van der Waals surface area (Å²) in [7, 11) is 0. The molecule has 0 saturated heterocycles. The third kappa shape index (κ3) is 48.4. The van der Waals surface area contributed by atoms with Gasteiger partial charge < -0.3 is 14.2 Å². The van der Waals surface area contributed by atoms with Crippen LogP contribution in [0.5, 0.6) is 0 Å². The van der Waals surface area contributed by atoms with Gasteiger partial charge in [-0.25, -0.2) is 0 Å². The van der Waals surface area contributed by atoms with Gasteiger partial charge in [-0.05, 0) is 95.3 Å². The smallest absolute Gasteiger partial charge is 0.306 e.